The summed E-state index contributed by atoms with van der Waals surface area (Å²) in [6, 6.07) is 4.84. The highest BCUT2D eigenvalue weighted by Gasteiger charge is 2.37. The number of rotatable bonds is 11. The number of imide groups is 1. The van der Waals surface area contributed by atoms with E-state index in [2.05, 4.69) is 22.5 Å². The van der Waals surface area contributed by atoms with Crippen LogP contribution >= 0.6 is 0 Å². The third kappa shape index (κ3) is 5.70. The van der Waals surface area contributed by atoms with Gasteiger partial charge in [0.05, 0.1) is 14.2 Å². The fourth-order valence-electron chi connectivity index (χ4n) is 4.40. The molecule has 0 aliphatic carbocycles. The average Bonchev–Trinajstić information content (AvgIpc) is 3.37. The number of nitrogens with one attached hydrogen (secondary N) is 2. The van der Waals surface area contributed by atoms with Crippen LogP contribution in [0.2, 0.25) is 0 Å². The summed E-state index contributed by atoms with van der Waals surface area (Å²) in [5.41, 5.74) is 0.930. The summed E-state index contributed by atoms with van der Waals surface area (Å²) in [6.07, 6.45) is 3.27. The molecule has 0 saturated carbocycles. The summed E-state index contributed by atoms with van der Waals surface area (Å²) in [4.78, 5) is 40.8. The summed E-state index contributed by atoms with van der Waals surface area (Å²) < 4.78 is 10.5. The summed E-state index contributed by atoms with van der Waals surface area (Å²) in [7, 11) is 3.13. The minimum Gasteiger partial charge on any atom is -0.493 e. The van der Waals surface area contributed by atoms with Crippen molar-refractivity contribution in [3.05, 3.63) is 23.8 Å². The Balaban J connectivity index is 1.44. The Morgan fingerprint density at radius 2 is 2.00 bits per heavy atom. The molecular formula is C23H34N4O5. The van der Waals surface area contributed by atoms with Crippen molar-refractivity contribution in [2.24, 2.45) is 0 Å². The van der Waals surface area contributed by atoms with Crippen molar-refractivity contribution >= 4 is 17.8 Å². The van der Waals surface area contributed by atoms with E-state index in [1.165, 1.54) is 4.90 Å². The van der Waals surface area contributed by atoms with Gasteiger partial charge < -0.3 is 20.1 Å². The highest BCUT2D eigenvalue weighted by molar-refractivity contribution is 6.04. The van der Waals surface area contributed by atoms with Crippen LogP contribution in [0.25, 0.3) is 0 Å². The molecule has 4 amide bonds. The molecule has 3 rings (SSSR count). The van der Waals surface area contributed by atoms with Gasteiger partial charge in [0.25, 0.3) is 5.91 Å². The monoisotopic (exact) mass is 446 g/mol. The number of hydrogen-bond acceptors (Lipinski definition) is 6. The lowest BCUT2D eigenvalue weighted by Gasteiger charge is -2.22. The molecule has 176 valence electrons. The Hall–Kier alpha value is -2.81. The van der Waals surface area contributed by atoms with Gasteiger partial charge in [0.1, 0.15) is 6.04 Å². The van der Waals surface area contributed by atoms with Crippen molar-refractivity contribution in [3.63, 3.8) is 0 Å². The largest absolute Gasteiger partial charge is 0.493 e. The lowest BCUT2D eigenvalue weighted by molar-refractivity contribution is -0.127. The topological polar surface area (TPSA) is 100 Å². The van der Waals surface area contributed by atoms with Crippen molar-refractivity contribution in [2.75, 3.05) is 40.4 Å². The zero-order chi connectivity index (χ0) is 23.1. The van der Waals surface area contributed by atoms with Gasteiger partial charge in [-0.15, -0.1) is 0 Å². The first kappa shape index (κ1) is 23.8. The van der Waals surface area contributed by atoms with Crippen molar-refractivity contribution in [2.45, 2.75) is 51.1 Å². The highest BCUT2D eigenvalue weighted by atomic mass is 16.5. The molecule has 32 heavy (non-hydrogen) atoms. The van der Waals surface area contributed by atoms with Crippen LogP contribution < -0.4 is 20.1 Å². The molecule has 0 spiro atoms. The van der Waals surface area contributed by atoms with Gasteiger partial charge >= 0.3 is 6.03 Å². The summed E-state index contributed by atoms with van der Waals surface area (Å²) in [5.74, 6) is 0.862. The van der Waals surface area contributed by atoms with Gasteiger partial charge in [-0.25, -0.2) is 4.79 Å². The Bertz CT molecular complexity index is 831. The molecule has 2 atom stereocenters. The third-order valence-corrected chi connectivity index (χ3v) is 6.28. The van der Waals surface area contributed by atoms with Gasteiger partial charge in [-0.05, 0) is 56.5 Å². The first-order chi connectivity index (χ1) is 15.5. The normalized spacial score (nSPS) is 21.0. The predicted molar refractivity (Wildman–Crippen MR) is 120 cm³/mol. The van der Waals surface area contributed by atoms with Gasteiger partial charge in [-0.2, -0.15) is 0 Å². The van der Waals surface area contributed by atoms with Crippen molar-refractivity contribution < 1.29 is 23.9 Å². The third-order valence-electron chi connectivity index (χ3n) is 6.28. The number of amides is 4. The number of nitrogens with zero attached hydrogens (tertiary/aromatic N) is 2. The lowest BCUT2D eigenvalue weighted by atomic mass is 10.1. The van der Waals surface area contributed by atoms with Crippen molar-refractivity contribution in [3.8, 4) is 11.5 Å². The number of hydrogen-bond donors (Lipinski definition) is 2. The van der Waals surface area contributed by atoms with Crippen molar-refractivity contribution in [1.29, 1.82) is 0 Å². The number of benzene rings is 1. The second-order valence-corrected chi connectivity index (χ2v) is 8.20. The number of ether oxygens (including phenoxy) is 2. The fourth-order valence-corrected chi connectivity index (χ4v) is 4.40. The fraction of sp³-hybridized carbons (Fsp3) is 0.609. The SMILES string of the molecule is CCN1CCC[C@@H]1CNC(=O)CC[C@H]1NC(=O)N(CCc2ccc(OC)c(OC)c2)C1=O. The zero-order valence-corrected chi connectivity index (χ0v) is 19.2. The number of carbonyl (C=O) groups is 3. The summed E-state index contributed by atoms with van der Waals surface area (Å²) in [5, 5.41) is 5.68. The van der Waals surface area contributed by atoms with Gasteiger partial charge in [0.2, 0.25) is 5.91 Å². The molecule has 1 aromatic rings. The van der Waals surface area contributed by atoms with Gasteiger partial charge in [-0.1, -0.05) is 13.0 Å². The first-order valence-electron chi connectivity index (χ1n) is 11.3. The van der Waals surface area contributed by atoms with Crippen LogP contribution in [0.1, 0.15) is 38.2 Å². The van der Waals surface area contributed by atoms with E-state index in [0.29, 0.717) is 36.9 Å². The molecule has 2 heterocycles. The van der Waals surface area contributed by atoms with Crippen LogP contribution in [0, 0.1) is 0 Å². The second kappa shape index (κ2) is 11.2. The molecule has 9 heteroatoms. The van der Waals surface area contributed by atoms with E-state index in [9.17, 15) is 14.4 Å². The molecule has 9 nitrogen and oxygen atoms in total. The molecule has 2 aliphatic heterocycles. The minimum absolute atomic E-state index is 0.0845. The molecule has 0 unspecified atom stereocenters. The Morgan fingerprint density at radius 1 is 1.22 bits per heavy atom. The molecular weight excluding hydrogens is 412 g/mol. The van der Waals surface area contributed by atoms with E-state index in [1.54, 1.807) is 20.3 Å². The van der Waals surface area contributed by atoms with Crippen LogP contribution in [-0.2, 0) is 16.0 Å². The maximum atomic E-state index is 12.7. The van der Waals surface area contributed by atoms with Crippen LogP contribution in [-0.4, -0.2) is 80.1 Å². The lowest BCUT2D eigenvalue weighted by Crippen LogP contribution is -2.40. The molecule has 1 aromatic carbocycles. The summed E-state index contributed by atoms with van der Waals surface area (Å²) >= 11 is 0. The maximum Gasteiger partial charge on any atom is 0.324 e. The van der Waals surface area contributed by atoms with Crippen LogP contribution in [0.15, 0.2) is 18.2 Å². The maximum absolute atomic E-state index is 12.7. The Morgan fingerprint density at radius 3 is 2.72 bits per heavy atom. The Labute approximate surface area is 189 Å². The average molecular weight is 447 g/mol. The predicted octanol–water partition coefficient (Wildman–Crippen LogP) is 1.55. The van der Waals surface area contributed by atoms with Crippen molar-refractivity contribution in [1.82, 2.24) is 20.4 Å². The number of urea groups is 1. The molecule has 0 radical (unpaired) electrons. The van der Waals surface area contributed by atoms with E-state index < -0.39 is 12.1 Å². The highest BCUT2D eigenvalue weighted by Crippen LogP contribution is 2.28. The number of likely N-dealkylation sites (tertiary alicyclic amines) is 1. The smallest absolute Gasteiger partial charge is 0.324 e. The molecule has 2 aliphatic rings. The molecule has 2 fully saturated rings. The molecule has 2 N–H and O–H groups in total. The standard InChI is InChI=1S/C23H34N4O5/c1-4-26-12-5-6-17(26)15-24-21(28)10-8-18-22(29)27(23(30)25-18)13-11-16-7-9-19(31-2)20(14-16)32-3/h7,9,14,17-18H,4-6,8,10-13,15H2,1-3H3,(H,24,28)(H,25,30)/t17-,18-/m1/s1. The minimum atomic E-state index is -0.655. The van der Waals surface area contributed by atoms with Crippen LogP contribution in [0.4, 0.5) is 4.79 Å². The first-order valence-corrected chi connectivity index (χ1v) is 11.3. The number of methoxy groups -OCH3 is 2. The molecule has 0 aromatic heterocycles. The zero-order valence-electron chi connectivity index (χ0n) is 19.2. The van der Waals surface area contributed by atoms with Gasteiger partial charge in [0.15, 0.2) is 11.5 Å². The van der Waals surface area contributed by atoms with E-state index in [0.717, 1.165) is 31.5 Å². The van der Waals surface area contributed by atoms with Gasteiger partial charge in [-0.3, -0.25) is 19.4 Å². The number of likely N-dealkylation sites (N-methyl/N-ethyl adjacent to an activating group) is 1. The Kier molecular flexibility index (Phi) is 8.33. The number of carbonyl (C=O) groups excluding carboxylic acids is 3. The van der Waals surface area contributed by atoms with E-state index in [-0.39, 0.29) is 24.8 Å². The molecule has 2 saturated heterocycles. The van der Waals surface area contributed by atoms with E-state index >= 15 is 0 Å². The summed E-state index contributed by atoms with van der Waals surface area (Å²) in [6.45, 7) is 5.10. The quantitative estimate of drug-likeness (QED) is 0.500. The second-order valence-electron chi connectivity index (χ2n) is 8.20. The van der Waals surface area contributed by atoms with E-state index in [1.807, 2.05) is 12.1 Å². The van der Waals surface area contributed by atoms with Crippen LogP contribution in [0.5, 0.6) is 11.5 Å². The molecule has 0 bridgehead atoms. The van der Waals surface area contributed by atoms with E-state index in [4.69, 9.17) is 9.47 Å². The van der Waals surface area contributed by atoms with Gasteiger partial charge in [0, 0.05) is 25.6 Å². The van der Waals surface area contributed by atoms with Crippen LogP contribution in [0.3, 0.4) is 0 Å².